The van der Waals surface area contributed by atoms with Crippen LogP contribution in [0.3, 0.4) is 0 Å². The van der Waals surface area contributed by atoms with Crippen LogP contribution in [-0.2, 0) is 6.54 Å². The summed E-state index contributed by atoms with van der Waals surface area (Å²) in [4.78, 5) is 4.53. The predicted molar refractivity (Wildman–Crippen MR) is 97.6 cm³/mol. The van der Waals surface area contributed by atoms with Crippen LogP contribution in [0.5, 0.6) is 5.75 Å². The topological polar surface area (TPSA) is 47.3 Å². The molecule has 5 heteroatoms. The second kappa shape index (κ2) is 6.37. The number of thiophene rings is 1. The molecule has 0 aliphatic rings. The molecule has 0 saturated carbocycles. The Hall–Kier alpha value is -2.79. The Morgan fingerprint density at radius 3 is 2.71 bits per heavy atom. The minimum atomic E-state index is 0.531. The molecule has 0 fully saturated rings. The zero-order valence-corrected chi connectivity index (χ0v) is 14.0. The summed E-state index contributed by atoms with van der Waals surface area (Å²) in [5, 5.41) is 7.43. The molecule has 120 valence electrons. The maximum Gasteiger partial charge on any atom is 0.295 e. The lowest BCUT2D eigenvalue weighted by molar-refractivity contribution is 0.414. The molecule has 0 radical (unpaired) electrons. The summed E-state index contributed by atoms with van der Waals surface area (Å²) < 4.78 is 10.9. The normalized spacial score (nSPS) is 10.9. The first-order chi connectivity index (χ1) is 11.8. The fourth-order valence-corrected chi connectivity index (χ4v) is 3.20. The first-order valence-electron chi connectivity index (χ1n) is 7.62. The molecule has 1 N–H and O–H groups in total. The van der Waals surface area contributed by atoms with Gasteiger partial charge in [0.15, 0.2) is 5.58 Å². The fourth-order valence-electron chi connectivity index (χ4n) is 2.53. The van der Waals surface area contributed by atoms with Gasteiger partial charge in [-0.15, -0.1) is 0 Å². The molecule has 0 aliphatic heterocycles. The number of methoxy groups -OCH3 is 1. The van der Waals surface area contributed by atoms with E-state index in [1.165, 1.54) is 5.56 Å². The van der Waals surface area contributed by atoms with E-state index in [1.54, 1.807) is 18.4 Å². The van der Waals surface area contributed by atoms with Crippen molar-refractivity contribution in [2.75, 3.05) is 12.4 Å². The van der Waals surface area contributed by atoms with E-state index < -0.39 is 0 Å². The molecule has 0 saturated heterocycles. The maximum atomic E-state index is 5.76. The molecule has 0 atom stereocenters. The fraction of sp³-hybridized carbons (Fsp3) is 0.105. The number of aromatic nitrogens is 1. The van der Waals surface area contributed by atoms with Crippen LogP contribution in [0.4, 0.5) is 6.01 Å². The van der Waals surface area contributed by atoms with Crippen molar-refractivity contribution in [2.45, 2.75) is 6.54 Å². The molecule has 4 nitrogen and oxygen atoms in total. The van der Waals surface area contributed by atoms with Crippen LogP contribution in [0, 0.1) is 0 Å². The predicted octanol–water partition coefficient (Wildman–Crippen LogP) is 5.18. The summed E-state index contributed by atoms with van der Waals surface area (Å²) in [7, 11) is 1.66. The van der Waals surface area contributed by atoms with Crippen molar-refractivity contribution >= 4 is 28.5 Å². The van der Waals surface area contributed by atoms with E-state index in [2.05, 4.69) is 39.3 Å². The minimum Gasteiger partial charge on any atom is -0.497 e. The van der Waals surface area contributed by atoms with Crippen molar-refractivity contribution < 1.29 is 9.15 Å². The molecule has 2 aromatic carbocycles. The molecule has 2 aromatic heterocycles. The van der Waals surface area contributed by atoms with Gasteiger partial charge in [-0.1, -0.05) is 18.2 Å². The van der Waals surface area contributed by atoms with E-state index in [1.807, 2.05) is 30.3 Å². The van der Waals surface area contributed by atoms with Gasteiger partial charge in [0, 0.05) is 6.54 Å². The third kappa shape index (κ3) is 2.98. The van der Waals surface area contributed by atoms with Gasteiger partial charge in [0.2, 0.25) is 0 Å². The van der Waals surface area contributed by atoms with Gasteiger partial charge in [-0.3, -0.25) is 0 Å². The van der Waals surface area contributed by atoms with Crippen molar-refractivity contribution in [2.24, 2.45) is 0 Å². The Kier molecular flexibility index (Phi) is 3.92. The van der Waals surface area contributed by atoms with E-state index in [0.717, 1.165) is 28.0 Å². The summed E-state index contributed by atoms with van der Waals surface area (Å²) in [5.74, 6) is 0.849. The second-order valence-corrected chi connectivity index (χ2v) is 6.20. The zero-order chi connectivity index (χ0) is 16.4. The van der Waals surface area contributed by atoms with Crippen LogP contribution in [-0.4, -0.2) is 12.1 Å². The van der Waals surface area contributed by atoms with Crippen molar-refractivity contribution in [3.05, 3.63) is 64.9 Å². The minimum absolute atomic E-state index is 0.531. The molecule has 0 spiro atoms. The quantitative estimate of drug-likeness (QED) is 0.546. The molecule has 0 unspecified atom stereocenters. The van der Waals surface area contributed by atoms with E-state index in [4.69, 9.17) is 9.15 Å². The molecular weight excluding hydrogens is 320 g/mol. The SMILES string of the molecule is COc1ccc(CNc2nc3cc(-c4ccsc4)ccc3o2)cc1. The van der Waals surface area contributed by atoms with Crippen LogP contribution in [0.25, 0.3) is 22.2 Å². The number of fused-ring (bicyclic) bond motifs is 1. The highest BCUT2D eigenvalue weighted by molar-refractivity contribution is 7.08. The summed E-state index contributed by atoms with van der Waals surface area (Å²) >= 11 is 1.69. The lowest BCUT2D eigenvalue weighted by Crippen LogP contribution is -1.99. The van der Waals surface area contributed by atoms with Gasteiger partial charge in [-0.05, 0) is 57.8 Å². The summed E-state index contributed by atoms with van der Waals surface area (Å²) in [5.41, 5.74) is 5.13. The number of hydrogen-bond acceptors (Lipinski definition) is 5. The van der Waals surface area contributed by atoms with Crippen LogP contribution in [0.2, 0.25) is 0 Å². The standard InChI is InChI=1S/C19H16N2O2S/c1-22-16-5-2-13(3-6-16)11-20-19-21-17-10-14(4-7-18(17)23-19)15-8-9-24-12-15/h2-10,12H,11H2,1H3,(H,20,21). The number of oxazole rings is 1. The van der Waals surface area contributed by atoms with Gasteiger partial charge in [0.05, 0.1) is 7.11 Å². The molecule has 0 aliphatic carbocycles. The molecule has 4 aromatic rings. The average molecular weight is 336 g/mol. The third-order valence-electron chi connectivity index (χ3n) is 3.84. The molecule has 0 bridgehead atoms. The number of hydrogen-bond donors (Lipinski definition) is 1. The molecule has 0 amide bonds. The Balaban J connectivity index is 1.52. The highest BCUT2D eigenvalue weighted by Crippen LogP contribution is 2.27. The number of rotatable bonds is 5. The first kappa shape index (κ1) is 14.8. The number of nitrogens with zero attached hydrogens (tertiary/aromatic N) is 1. The lowest BCUT2D eigenvalue weighted by atomic mass is 10.1. The molecule has 4 rings (SSSR count). The highest BCUT2D eigenvalue weighted by Gasteiger charge is 2.07. The summed E-state index contributed by atoms with van der Waals surface area (Å²) in [6.07, 6.45) is 0. The maximum absolute atomic E-state index is 5.76. The van der Waals surface area contributed by atoms with Gasteiger partial charge < -0.3 is 14.5 Å². The number of anilines is 1. The zero-order valence-electron chi connectivity index (χ0n) is 13.2. The van der Waals surface area contributed by atoms with E-state index in [-0.39, 0.29) is 0 Å². The van der Waals surface area contributed by atoms with Crippen molar-refractivity contribution in [1.82, 2.24) is 4.98 Å². The summed E-state index contributed by atoms with van der Waals surface area (Å²) in [6.45, 7) is 0.647. The van der Waals surface area contributed by atoms with Gasteiger partial charge >= 0.3 is 0 Å². The van der Waals surface area contributed by atoms with E-state index >= 15 is 0 Å². The Morgan fingerprint density at radius 1 is 1.08 bits per heavy atom. The van der Waals surface area contributed by atoms with Crippen molar-refractivity contribution in [1.29, 1.82) is 0 Å². The Bertz CT molecular complexity index is 943. The van der Waals surface area contributed by atoms with Gasteiger partial charge in [0.25, 0.3) is 6.01 Å². The van der Waals surface area contributed by atoms with Crippen LogP contribution in [0.1, 0.15) is 5.56 Å². The van der Waals surface area contributed by atoms with Gasteiger partial charge in [-0.2, -0.15) is 16.3 Å². The molecule has 24 heavy (non-hydrogen) atoms. The van der Waals surface area contributed by atoms with E-state index in [0.29, 0.717) is 12.6 Å². The molecule has 2 heterocycles. The molecular formula is C19H16N2O2S. The van der Waals surface area contributed by atoms with Gasteiger partial charge in [-0.25, -0.2) is 0 Å². The van der Waals surface area contributed by atoms with Crippen molar-refractivity contribution in [3.8, 4) is 16.9 Å². The van der Waals surface area contributed by atoms with Crippen LogP contribution in [0.15, 0.2) is 63.7 Å². The smallest absolute Gasteiger partial charge is 0.295 e. The number of nitrogens with one attached hydrogen (secondary N) is 1. The Morgan fingerprint density at radius 2 is 1.96 bits per heavy atom. The lowest BCUT2D eigenvalue weighted by Gasteiger charge is -2.03. The average Bonchev–Trinajstić information content (AvgIpc) is 3.29. The highest BCUT2D eigenvalue weighted by atomic mass is 32.1. The largest absolute Gasteiger partial charge is 0.497 e. The van der Waals surface area contributed by atoms with Crippen LogP contribution >= 0.6 is 11.3 Å². The third-order valence-corrected chi connectivity index (χ3v) is 4.53. The van der Waals surface area contributed by atoms with Gasteiger partial charge in [0.1, 0.15) is 11.3 Å². The van der Waals surface area contributed by atoms with Crippen molar-refractivity contribution in [3.63, 3.8) is 0 Å². The van der Waals surface area contributed by atoms with Crippen LogP contribution < -0.4 is 10.1 Å². The van der Waals surface area contributed by atoms with E-state index in [9.17, 15) is 0 Å². The summed E-state index contributed by atoms with van der Waals surface area (Å²) in [6, 6.07) is 16.6. The first-order valence-corrected chi connectivity index (χ1v) is 8.56. The Labute approximate surface area is 143 Å². The second-order valence-electron chi connectivity index (χ2n) is 5.42. The number of ether oxygens (including phenoxy) is 1. The monoisotopic (exact) mass is 336 g/mol. The number of benzene rings is 2.